The van der Waals surface area contributed by atoms with Gasteiger partial charge in [-0.05, 0) is 55.3 Å². The van der Waals surface area contributed by atoms with Crippen LogP contribution in [0.15, 0.2) is 54.6 Å². The fourth-order valence-electron chi connectivity index (χ4n) is 3.54. The number of anilines is 1. The zero-order chi connectivity index (χ0) is 20.2. The van der Waals surface area contributed by atoms with Crippen LogP contribution in [0.5, 0.6) is 5.75 Å². The predicted molar refractivity (Wildman–Crippen MR) is 110 cm³/mol. The van der Waals surface area contributed by atoms with Gasteiger partial charge in [0.15, 0.2) is 5.82 Å². The third-order valence-corrected chi connectivity index (χ3v) is 5.00. The molecule has 0 unspecified atom stereocenters. The summed E-state index contributed by atoms with van der Waals surface area (Å²) in [5.41, 5.74) is 2.26. The second-order valence-electron chi connectivity index (χ2n) is 6.98. The minimum absolute atomic E-state index is 0.0307. The Labute approximate surface area is 168 Å². The van der Waals surface area contributed by atoms with Crippen molar-refractivity contribution < 1.29 is 13.9 Å². The first kappa shape index (κ1) is 19.0. The van der Waals surface area contributed by atoms with Crippen LogP contribution in [0.4, 0.5) is 10.2 Å². The van der Waals surface area contributed by atoms with E-state index in [1.807, 2.05) is 25.1 Å². The van der Waals surface area contributed by atoms with Crippen LogP contribution in [0.1, 0.15) is 23.7 Å². The molecule has 7 heteroatoms. The first-order valence-electron chi connectivity index (χ1n) is 9.73. The number of halogens is 1. The van der Waals surface area contributed by atoms with E-state index in [-0.39, 0.29) is 17.8 Å². The lowest BCUT2D eigenvalue weighted by atomic mass is 10.1. The number of ether oxygens (including phenoxy) is 1. The number of H-pyrrole nitrogens is 1. The number of hydrogen-bond acceptors (Lipinski definition) is 4. The summed E-state index contributed by atoms with van der Waals surface area (Å²) in [7, 11) is 0. The number of aromatic amines is 1. The minimum atomic E-state index is -0.266. The molecule has 0 bridgehead atoms. The molecule has 0 radical (unpaired) electrons. The van der Waals surface area contributed by atoms with Crippen LogP contribution in [0.25, 0.3) is 11.3 Å². The van der Waals surface area contributed by atoms with Crippen LogP contribution in [0.3, 0.4) is 0 Å². The van der Waals surface area contributed by atoms with Gasteiger partial charge in [0.25, 0.3) is 5.91 Å². The van der Waals surface area contributed by atoms with Crippen molar-refractivity contribution in [3.63, 3.8) is 0 Å². The van der Waals surface area contributed by atoms with Gasteiger partial charge in [0.1, 0.15) is 11.6 Å². The second kappa shape index (κ2) is 8.34. The molecule has 4 rings (SSSR count). The summed E-state index contributed by atoms with van der Waals surface area (Å²) in [6.45, 7) is 3.88. The molecule has 0 spiro atoms. The SMILES string of the molecule is CCOc1ccccc1C(=O)N[C@H]1CCN(c2cc(-c3ccc(F)cc3)[nH]n2)C1. The van der Waals surface area contributed by atoms with E-state index in [1.165, 1.54) is 12.1 Å². The van der Waals surface area contributed by atoms with E-state index in [9.17, 15) is 9.18 Å². The molecule has 29 heavy (non-hydrogen) atoms. The molecule has 1 aliphatic rings. The lowest BCUT2D eigenvalue weighted by Gasteiger charge is -2.17. The number of nitrogens with one attached hydrogen (secondary N) is 2. The average Bonchev–Trinajstić information content (AvgIpc) is 3.39. The molecular weight excluding hydrogens is 371 g/mol. The van der Waals surface area contributed by atoms with Gasteiger partial charge in [0.2, 0.25) is 0 Å². The van der Waals surface area contributed by atoms with Crippen molar-refractivity contribution in [2.75, 3.05) is 24.6 Å². The molecule has 1 fully saturated rings. The molecule has 3 aromatic rings. The topological polar surface area (TPSA) is 70.2 Å². The maximum Gasteiger partial charge on any atom is 0.255 e. The number of nitrogens with zero attached hydrogens (tertiary/aromatic N) is 2. The van der Waals surface area contributed by atoms with Crippen LogP contribution in [0.2, 0.25) is 0 Å². The zero-order valence-corrected chi connectivity index (χ0v) is 16.2. The highest BCUT2D eigenvalue weighted by atomic mass is 19.1. The van der Waals surface area contributed by atoms with Crippen LogP contribution >= 0.6 is 0 Å². The molecule has 1 saturated heterocycles. The van der Waals surface area contributed by atoms with E-state index in [2.05, 4.69) is 20.4 Å². The summed E-state index contributed by atoms with van der Waals surface area (Å²) >= 11 is 0. The Morgan fingerprint density at radius 1 is 1.28 bits per heavy atom. The first-order chi connectivity index (χ1) is 14.1. The number of hydrogen-bond donors (Lipinski definition) is 2. The largest absolute Gasteiger partial charge is 0.493 e. The zero-order valence-electron chi connectivity index (χ0n) is 16.2. The molecule has 1 amide bonds. The molecule has 1 aliphatic heterocycles. The van der Waals surface area contributed by atoms with Crippen molar-refractivity contribution in [1.82, 2.24) is 15.5 Å². The molecule has 1 atom stereocenters. The van der Waals surface area contributed by atoms with Crippen molar-refractivity contribution in [3.05, 3.63) is 66.0 Å². The smallest absolute Gasteiger partial charge is 0.255 e. The lowest BCUT2D eigenvalue weighted by molar-refractivity contribution is 0.0936. The van der Waals surface area contributed by atoms with Crippen molar-refractivity contribution in [1.29, 1.82) is 0 Å². The Bertz CT molecular complexity index is 986. The molecule has 150 valence electrons. The van der Waals surface area contributed by atoms with Gasteiger partial charge in [-0.1, -0.05) is 12.1 Å². The van der Waals surface area contributed by atoms with Gasteiger partial charge in [-0.3, -0.25) is 9.89 Å². The minimum Gasteiger partial charge on any atom is -0.493 e. The Balaban J connectivity index is 1.40. The van der Waals surface area contributed by atoms with Crippen LogP contribution in [-0.4, -0.2) is 41.8 Å². The Morgan fingerprint density at radius 2 is 2.07 bits per heavy atom. The summed E-state index contributed by atoms with van der Waals surface area (Å²) in [6, 6.07) is 15.5. The summed E-state index contributed by atoms with van der Waals surface area (Å²) < 4.78 is 18.7. The van der Waals surface area contributed by atoms with E-state index < -0.39 is 0 Å². The lowest BCUT2D eigenvalue weighted by Crippen LogP contribution is -2.37. The number of carbonyl (C=O) groups excluding carboxylic acids is 1. The summed E-state index contributed by atoms with van der Waals surface area (Å²) in [6.07, 6.45) is 0.835. The standard InChI is InChI=1S/C22H23FN4O2/c1-2-29-20-6-4-3-5-18(20)22(28)24-17-11-12-27(14-17)21-13-19(25-26-21)15-7-9-16(23)10-8-15/h3-10,13,17H,2,11-12,14H2,1H3,(H,24,28)(H,25,26)/t17-/m0/s1. The number of benzene rings is 2. The third kappa shape index (κ3) is 4.23. The molecular formula is C22H23FN4O2. The van der Waals surface area contributed by atoms with Crippen molar-refractivity contribution >= 4 is 11.7 Å². The van der Waals surface area contributed by atoms with Crippen LogP contribution in [0, 0.1) is 5.82 Å². The Morgan fingerprint density at radius 3 is 2.86 bits per heavy atom. The van der Waals surface area contributed by atoms with E-state index >= 15 is 0 Å². The van der Waals surface area contributed by atoms with Crippen molar-refractivity contribution in [3.8, 4) is 17.0 Å². The summed E-state index contributed by atoms with van der Waals surface area (Å²) in [5, 5.41) is 10.5. The van der Waals surface area contributed by atoms with E-state index in [0.717, 1.165) is 30.0 Å². The monoisotopic (exact) mass is 394 g/mol. The molecule has 6 nitrogen and oxygen atoms in total. The fraction of sp³-hybridized carbons (Fsp3) is 0.273. The van der Waals surface area contributed by atoms with Gasteiger partial charge in [-0.2, -0.15) is 5.10 Å². The van der Waals surface area contributed by atoms with Gasteiger partial charge < -0.3 is 15.0 Å². The number of para-hydroxylation sites is 1. The number of carbonyl (C=O) groups is 1. The molecule has 0 aliphatic carbocycles. The fourth-order valence-corrected chi connectivity index (χ4v) is 3.54. The van der Waals surface area contributed by atoms with E-state index in [1.54, 1.807) is 24.3 Å². The van der Waals surface area contributed by atoms with Crippen molar-refractivity contribution in [2.24, 2.45) is 0 Å². The van der Waals surface area contributed by atoms with E-state index in [4.69, 9.17) is 4.74 Å². The quantitative estimate of drug-likeness (QED) is 0.670. The van der Waals surface area contributed by atoms with Gasteiger partial charge in [-0.15, -0.1) is 0 Å². The Kier molecular flexibility index (Phi) is 5.46. The van der Waals surface area contributed by atoms with Crippen molar-refractivity contribution in [2.45, 2.75) is 19.4 Å². The maximum absolute atomic E-state index is 13.1. The van der Waals surface area contributed by atoms with Gasteiger partial charge in [0, 0.05) is 25.2 Å². The average molecular weight is 394 g/mol. The first-order valence-corrected chi connectivity index (χ1v) is 9.73. The normalized spacial score (nSPS) is 16.1. The number of amides is 1. The third-order valence-electron chi connectivity index (χ3n) is 5.00. The number of aromatic nitrogens is 2. The van der Waals surface area contributed by atoms with Crippen LogP contribution < -0.4 is 15.0 Å². The molecule has 2 N–H and O–H groups in total. The predicted octanol–water partition coefficient (Wildman–Crippen LogP) is 3.62. The highest BCUT2D eigenvalue weighted by Crippen LogP contribution is 2.25. The van der Waals surface area contributed by atoms with Gasteiger partial charge >= 0.3 is 0 Å². The number of rotatable bonds is 6. The highest BCUT2D eigenvalue weighted by molar-refractivity contribution is 5.97. The molecule has 2 heterocycles. The van der Waals surface area contributed by atoms with Gasteiger partial charge in [-0.25, -0.2) is 4.39 Å². The summed E-state index contributed by atoms with van der Waals surface area (Å²) in [5.74, 6) is 1.02. The maximum atomic E-state index is 13.1. The van der Waals surface area contributed by atoms with Crippen LogP contribution in [-0.2, 0) is 0 Å². The Hall–Kier alpha value is -3.35. The highest BCUT2D eigenvalue weighted by Gasteiger charge is 2.26. The molecule has 1 aromatic heterocycles. The second-order valence-corrected chi connectivity index (χ2v) is 6.98. The molecule has 2 aromatic carbocycles. The molecule has 0 saturated carbocycles. The van der Waals surface area contributed by atoms with E-state index in [0.29, 0.717) is 24.5 Å². The summed E-state index contributed by atoms with van der Waals surface area (Å²) in [4.78, 5) is 14.8. The van der Waals surface area contributed by atoms with Gasteiger partial charge in [0.05, 0.1) is 17.9 Å².